The lowest BCUT2D eigenvalue weighted by Crippen LogP contribution is -2.32. The molecule has 0 aliphatic carbocycles. The molecule has 0 aliphatic rings. The van der Waals surface area contributed by atoms with Crippen LogP contribution in [-0.2, 0) is 0 Å². The number of hydrogen-bond acceptors (Lipinski definition) is 2. The maximum Gasteiger partial charge on any atom is 0.0187 e. The molecule has 0 spiro atoms. The Hall–Kier alpha value is -0.340. The van der Waals surface area contributed by atoms with Gasteiger partial charge in [-0.2, -0.15) is 0 Å². The third-order valence-electron chi connectivity index (χ3n) is 1.91. The van der Waals surface area contributed by atoms with Crippen molar-refractivity contribution in [1.82, 2.24) is 4.90 Å². The SMILES string of the molecule is C=C(C)CN(CC)CC(C)CN. The van der Waals surface area contributed by atoms with Crippen LogP contribution < -0.4 is 5.73 Å². The first kappa shape index (κ1) is 11.7. The van der Waals surface area contributed by atoms with Gasteiger partial charge in [0.1, 0.15) is 0 Å². The maximum atomic E-state index is 5.56. The molecule has 1 unspecified atom stereocenters. The third-order valence-corrected chi connectivity index (χ3v) is 1.91. The van der Waals surface area contributed by atoms with E-state index in [0.717, 1.165) is 26.2 Å². The van der Waals surface area contributed by atoms with Gasteiger partial charge in [0.2, 0.25) is 0 Å². The van der Waals surface area contributed by atoms with Gasteiger partial charge in [-0.1, -0.05) is 26.0 Å². The highest BCUT2D eigenvalue weighted by atomic mass is 15.1. The van der Waals surface area contributed by atoms with E-state index in [4.69, 9.17) is 5.73 Å². The van der Waals surface area contributed by atoms with Crippen molar-refractivity contribution in [3.8, 4) is 0 Å². The Morgan fingerprint density at radius 3 is 2.50 bits per heavy atom. The number of rotatable bonds is 6. The molecular formula is C10H22N2. The van der Waals surface area contributed by atoms with Crippen LogP contribution in [0.4, 0.5) is 0 Å². The van der Waals surface area contributed by atoms with Crippen LogP contribution in [0, 0.1) is 5.92 Å². The lowest BCUT2D eigenvalue weighted by molar-refractivity contribution is 0.271. The van der Waals surface area contributed by atoms with Gasteiger partial charge >= 0.3 is 0 Å². The van der Waals surface area contributed by atoms with Crippen LogP contribution in [0.15, 0.2) is 12.2 Å². The minimum atomic E-state index is 0.587. The monoisotopic (exact) mass is 170 g/mol. The van der Waals surface area contributed by atoms with E-state index in [-0.39, 0.29) is 0 Å². The zero-order chi connectivity index (χ0) is 9.56. The second-order valence-electron chi connectivity index (χ2n) is 3.63. The summed E-state index contributed by atoms with van der Waals surface area (Å²) in [4.78, 5) is 2.37. The van der Waals surface area contributed by atoms with E-state index in [1.54, 1.807) is 0 Å². The summed E-state index contributed by atoms with van der Waals surface area (Å²) in [5, 5.41) is 0. The van der Waals surface area contributed by atoms with Crippen molar-refractivity contribution in [3.05, 3.63) is 12.2 Å². The van der Waals surface area contributed by atoms with Crippen LogP contribution in [0.1, 0.15) is 20.8 Å². The minimum absolute atomic E-state index is 0.587. The molecule has 2 heteroatoms. The Morgan fingerprint density at radius 2 is 2.17 bits per heavy atom. The van der Waals surface area contributed by atoms with Crippen LogP contribution >= 0.6 is 0 Å². The first-order chi connectivity index (χ1) is 5.60. The summed E-state index contributed by atoms with van der Waals surface area (Å²) < 4.78 is 0. The fourth-order valence-corrected chi connectivity index (χ4v) is 1.20. The molecule has 2 nitrogen and oxygen atoms in total. The van der Waals surface area contributed by atoms with Crippen LogP contribution in [0.3, 0.4) is 0 Å². The zero-order valence-electron chi connectivity index (χ0n) is 8.64. The third kappa shape index (κ3) is 5.33. The van der Waals surface area contributed by atoms with Gasteiger partial charge in [-0.05, 0) is 25.9 Å². The van der Waals surface area contributed by atoms with E-state index < -0.39 is 0 Å². The topological polar surface area (TPSA) is 29.3 Å². The highest BCUT2D eigenvalue weighted by Gasteiger charge is 2.06. The normalized spacial score (nSPS) is 13.4. The Kier molecular flexibility index (Phi) is 6.03. The molecular weight excluding hydrogens is 148 g/mol. The average molecular weight is 170 g/mol. The molecule has 0 radical (unpaired) electrons. The van der Waals surface area contributed by atoms with Crippen molar-refractivity contribution in [3.63, 3.8) is 0 Å². The molecule has 12 heavy (non-hydrogen) atoms. The van der Waals surface area contributed by atoms with Crippen LogP contribution in [0.5, 0.6) is 0 Å². The highest BCUT2D eigenvalue weighted by Crippen LogP contribution is 2.00. The molecule has 0 saturated carbocycles. The highest BCUT2D eigenvalue weighted by molar-refractivity contribution is 4.91. The van der Waals surface area contributed by atoms with Gasteiger partial charge in [-0.3, -0.25) is 4.90 Å². The molecule has 0 amide bonds. The van der Waals surface area contributed by atoms with Gasteiger partial charge < -0.3 is 5.73 Å². The van der Waals surface area contributed by atoms with E-state index in [1.807, 2.05) is 0 Å². The fraction of sp³-hybridized carbons (Fsp3) is 0.800. The predicted molar refractivity (Wildman–Crippen MR) is 55.1 cm³/mol. The second kappa shape index (κ2) is 6.21. The molecule has 0 aromatic heterocycles. The fourth-order valence-electron chi connectivity index (χ4n) is 1.20. The Balaban J connectivity index is 3.74. The van der Waals surface area contributed by atoms with E-state index in [1.165, 1.54) is 5.57 Å². The number of nitrogens with zero attached hydrogens (tertiary/aromatic N) is 1. The van der Waals surface area contributed by atoms with E-state index in [9.17, 15) is 0 Å². The van der Waals surface area contributed by atoms with Gasteiger partial charge in [0, 0.05) is 13.1 Å². The van der Waals surface area contributed by atoms with E-state index in [0.29, 0.717) is 5.92 Å². The van der Waals surface area contributed by atoms with Crippen LogP contribution in [0.2, 0.25) is 0 Å². The molecule has 0 heterocycles. The Labute approximate surface area is 76.4 Å². The van der Waals surface area contributed by atoms with E-state index >= 15 is 0 Å². The first-order valence-corrected chi connectivity index (χ1v) is 4.66. The molecule has 0 fully saturated rings. The second-order valence-corrected chi connectivity index (χ2v) is 3.63. The van der Waals surface area contributed by atoms with Gasteiger partial charge in [0.25, 0.3) is 0 Å². The molecule has 0 aromatic rings. The summed E-state index contributed by atoms with van der Waals surface area (Å²) in [6.45, 7) is 14.3. The summed E-state index contributed by atoms with van der Waals surface area (Å²) in [7, 11) is 0. The summed E-state index contributed by atoms with van der Waals surface area (Å²) >= 11 is 0. The molecule has 0 aromatic carbocycles. The quantitative estimate of drug-likeness (QED) is 0.612. The first-order valence-electron chi connectivity index (χ1n) is 4.66. The smallest absolute Gasteiger partial charge is 0.0187 e. The molecule has 0 saturated heterocycles. The van der Waals surface area contributed by atoms with Crippen molar-refractivity contribution in [2.45, 2.75) is 20.8 Å². The van der Waals surface area contributed by atoms with Gasteiger partial charge in [-0.25, -0.2) is 0 Å². The van der Waals surface area contributed by atoms with Crippen molar-refractivity contribution in [2.75, 3.05) is 26.2 Å². The molecule has 2 N–H and O–H groups in total. The van der Waals surface area contributed by atoms with Crippen molar-refractivity contribution in [1.29, 1.82) is 0 Å². The maximum absolute atomic E-state index is 5.56. The summed E-state index contributed by atoms with van der Waals surface area (Å²) in [6, 6.07) is 0. The molecule has 0 bridgehead atoms. The van der Waals surface area contributed by atoms with Crippen molar-refractivity contribution >= 4 is 0 Å². The minimum Gasteiger partial charge on any atom is -0.330 e. The van der Waals surface area contributed by atoms with Gasteiger partial charge in [0.15, 0.2) is 0 Å². The predicted octanol–water partition coefficient (Wildman–Crippen LogP) is 1.48. The summed E-state index contributed by atoms with van der Waals surface area (Å²) in [6.07, 6.45) is 0. The lowest BCUT2D eigenvalue weighted by Gasteiger charge is -2.23. The Bertz CT molecular complexity index is 132. The number of likely N-dealkylation sites (N-methyl/N-ethyl adjacent to an activating group) is 1. The van der Waals surface area contributed by atoms with Crippen molar-refractivity contribution in [2.24, 2.45) is 11.7 Å². The van der Waals surface area contributed by atoms with E-state index in [2.05, 4.69) is 32.3 Å². The average Bonchev–Trinajstić information content (AvgIpc) is 2.02. The molecule has 1 atom stereocenters. The standard InChI is InChI=1S/C10H22N2/c1-5-12(7-9(2)3)8-10(4)6-11/h10H,2,5-8,11H2,1,3-4H3. The molecule has 72 valence electrons. The van der Waals surface area contributed by atoms with Crippen molar-refractivity contribution < 1.29 is 0 Å². The van der Waals surface area contributed by atoms with Crippen LogP contribution in [-0.4, -0.2) is 31.1 Å². The zero-order valence-corrected chi connectivity index (χ0v) is 8.64. The van der Waals surface area contributed by atoms with Gasteiger partial charge in [0.05, 0.1) is 0 Å². The summed E-state index contributed by atoms with van der Waals surface area (Å²) in [5.41, 5.74) is 6.78. The number of hydrogen-bond donors (Lipinski definition) is 1. The largest absolute Gasteiger partial charge is 0.330 e. The number of nitrogens with two attached hydrogens (primary N) is 1. The molecule has 0 rings (SSSR count). The van der Waals surface area contributed by atoms with Gasteiger partial charge in [-0.15, -0.1) is 0 Å². The lowest BCUT2D eigenvalue weighted by atomic mass is 10.1. The molecule has 0 aliphatic heterocycles. The van der Waals surface area contributed by atoms with Crippen LogP contribution in [0.25, 0.3) is 0 Å². The Morgan fingerprint density at radius 1 is 1.58 bits per heavy atom. The summed E-state index contributed by atoms with van der Waals surface area (Å²) in [5.74, 6) is 0.587.